The Hall–Kier alpha value is -3.99. The molecule has 10 heteroatoms. The summed E-state index contributed by atoms with van der Waals surface area (Å²) < 4.78 is 38.5. The van der Waals surface area contributed by atoms with Crippen LogP contribution in [0.25, 0.3) is 28.4 Å². The number of benzene rings is 4. The van der Waals surface area contributed by atoms with Crippen LogP contribution in [0.4, 0.5) is 5.69 Å². The predicted octanol–water partition coefficient (Wildman–Crippen LogP) is 4.40. The number of carbonyl (C=O) groups excluding carboxylic acids is 2. The van der Waals surface area contributed by atoms with Crippen LogP contribution in [0.3, 0.4) is 0 Å². The van der Waals surface area contributed by atoms with Gasteiger partial charge in [0.2, 0.25) is 5.91 Å². The van der Waals surface area contributed by atoms with E-state index in [0.717, 1.165) is 39.0 Å². The Morgan fingerprint density at radius 3 is 2.19 bits per heavy atom. The molecule has 5 aromatic rings. The number of hydrogen-bond donors (Lipinski definition) is 2. The summed E-state index contributed by atoms with van der Waals surface area (Å²) in [6.45, 7) is 6.13. The summed E-state index contributed by atoms with van der Waals surface area (Å²) >= 11 is 0. The third-order valence-electron chi connectivity index (χ3n) is 7.59. The molecule has 4 aromatic carbocycles. The van der Waals surface area contributed by atoms with Crippen LogP contribution in [-0.4, -0.2) is 37.1 Å². The van der Waals surface area contributed by atoms with Crippen LogP contribution in [0, 0.1) is 5.41 Å². The van der Waals surface area contributed by atoms with E-state index in [0.29, 0.717) is 17.7 Å². The molecule has 1 heterocycles. The molecule has 48 heavy (non-hydrogen) atoms. The zero-order chi connectivity index (χ0) is 33.6. The summed E-state index contributed by atoms with van der Waals surface area (Å²) in [7, 11) is -4.42. The molecule has 0 aliphatic heterocycles. The number of amides is 2. The molecule has 0 bridgehead atoms. The first-order valence-electron chi connectivity index (χ1n) is 15.3. The van der Waals surface area contributed by atoms with Crippen molar-refractivity contribution in [3.05, 3.63) is 131 Å². The molecule has 2 N–H and O–H groups in total. The SMILES string of the molecule is CC(C)(C)/C=C/c1ccc(C(Cc2ccc(C(=O)NCCS(=O)(=O)[O-])cc2)C(=O)Nc2ccc(-c3cc4ccccc4o3)cc2)cc1.[Na+]. The first-order chi connectivity index (χ1) is 22.3. The zero-order valence-corrected chi connectivity index (χ0v) is 30.3. The average Bonchev–Trinajstić information content (AvgIpc) is 3.47. The summed E-state index contributed by atoms with van der Waals surface area (Å²) in [5.41, 5.74) is 5.42. The Morgan fingerprint density at radius 2 is 1.56 bits per heavy atom. The van der Waals surface area contributed by atoms with Crippen LogP contribution in [0.1, 0.15) is 53.7 Å². The predicted molar refractivity (Wildman–Crippen MR) is 185 cm³/mol. The fourth-order valence-electron chi connectivity index (χ4n) is 5.04. The second-order valence-electron chi connectivity index (χ2n) is 12.6. The van der Waals surface area contributed by atoms with Crippen molar-refractivity contribution in [2.75, 3.05) is 17.6 Å². The third-order valence-corrected chi connectivity index (χ3v) is 8.29. The summed E-state index contributed by atoms with van der Waals surface area (Å²) in [5.74, 6) is -1.14. The van der Waals surface area contributed by atoms with E-state index in [2.05, 4.69) is 43.6 Å². The van der Waals surface area contributed by atoms with Crippen LogP contribution in [-0.2, 0) is 21.3 Å². The summed E-state index contributed by atoms with van der Waals surface area (Å²) in [6.07, 6.45) is 4.58. The molecule has 0 aliphatic carbocycles. The standard InChI is InChI=1S/C38H38N2O6S.Na/c1-38(2,3)21-20-26-8-12-28(13-9-26)33(24-27-10-14-30(15-11-27)36(41)39-22-23-47(43,44)45)37(42)40-32-18-16-29(17-19-32)35-25-31-6-4-5-7-34(31)46-35;/h4-21,25,33H,22-24H2,1-3H3,(H,39,41)(H,40,42)(H,43,44,45);/q;+1/p-1/b21-20+;. The maximum absolute atomic E-state index is 13.8. The van der Waals surface area contributed by atoms with Crippen molar-refractivity contribution >= 4 is 44.7 Å². The van der Waals surface area contributed by atoms with Crippen LogP contribution in [0.15, 0.2) is 114 Å². The molecule has 2 amide bonds. The molecule has 0 radical (unpaired) electrons. The van der Waals surface area contributed by atoms with Gasteiger partial charge in [0, 0.05) is 28.7 Å². The molecule has 8 nitrogen and oxygen atoms in total. The Bertz CT molecular complexity index is 1960. The molecule has 0 saturated carbocycles. The number of para-hydroxylation sites is 1. The second kappa shape index (κ2) is 15.9. The molecular weight excluding hydrogens is 635 g/mol. The van der Waals surface area contributed by atoms with Crippen molar-refractivity contribution in [2.24, 2.45) is 5.41 Å². The van der Waals surface area contributed by atoms with Crippen LogP contribution >= 0.6 is 0 Å². The molecule has 1 aromatic heterocycles. The molecule has 1 atom stereocenters. The maximum atomic E-state index is 13.8. The van der Waals surface area contributed by atoms with Gasteiger partial charge in [0.1, 0.15) is 11.3 Å². The Labute approximate surface area is 303 Å². The second-order valence-corrected chi connectivity index (χ2v) is 14.1. The fraction of sp³-hybridized carbons (Fsp3) is 0.211. The summed E-state index contributed by atoms with van der Waals surface area (Å²) in [4.78, 5) is 26.2. The average molecular weight is 673 g/mol. The van der Waals surface area contributed by atoms with Gasteiger partial charge in [-0.3, -0.25) is 9.59 Å². The van der Waals surface area contributed by atoms with Gasteiger partial charge in [-0.25, -0.2) is 8.42 Å². The van der Waals surface area contributed by atoms with E-state index in [1.807, 2.05) is 78.9 Å². The number of carbonyl (C=O) groups is 2. The van der Waals surface area contributed by atoms with Gasteiger partial charge in [-0.05, 0) is 77.1 Å². The largest absolute Gasteiger partial charge is 1.00 e. The number of fused-ring (bicyclic) bond motifs is 1. The maximum Gasteiger partial charge on any atom is 1.00 e. The molecule has 242 valence electrons. The normalized spacial score (nSPS) is 12.4. The van der Waals surface area contributed by atoms with E-state index in [4.69, 9.17) is 4.42 Å². The van der Waals surface area contributed by atoms with E-state index in [9.17, 15) is 22.6 Å². The van der Waals surface area contributed by atoms with Crippen molar-refractivity contribution in [1.29, 1.82) is 0 Å². The minimum Gasteiger partial charge on any atom is -0.748 e. The van der Waals surface area contributed by atoms with Crippen LogP contribution in [0.5, 0.6) is 0 Å². The van der Waals surface area contributed by atoms with Gasteiger partial charge in [0.05, 0.1) is 21.8 Å². The minimum atomic E-state index is -4.42. The Morgan fingerprint density at radius 1 is 0.896 bits per heavy atom. The van der Waals surface area contributed by atoms with Gasteiger partial charge in [-0.2, -0.15) is 0 Å². The fourth-order valence-corrected chi connectivity index (χ4v) is 5.39. The van der Waals surface area contributed by atoms with Crippen LogP contribution in [0.2, 0.25) is 0 Å². The number of furan rings is 1. The van der Waals surface area contributed by atoms with E-state index in [-0.39, 0.29) is 47.4 Å². The van der Waals surface area contributed by atoms with Gasteiger partial charge >= 0.3 is 29.6 Å². The van der Waals surface area contributed by atoms with Gasteiger partial charge in [-0.15, -0.1) is 0 Å². The molecule has 5 rings (SSSR count). The Kier molecular flexibility index (Phi) is 12.2. The number of allylic oxidation sites excluding steroid dienone is 1. The number of rotatable bonds is 11. The quantitative estimate of drug-likeness (QED) is 0.158. The van der Waals surface area contributed by atoms with E-state index in [1.54, 1.807) is 24.3 Å². The van der Waals surface area contributed by atoms with E-state index >= 15 is 0 Å². The van der Waals surface area contributed by atoms with Crippen molar-refractivity contribution in [3.8, 4) is 11.3 Å². The smallest absolute Gasteiger partial charge is 0.748 e. The summed E-state index contributed by atoms with van der Waals surface area (Å²) in [6, 6.07) is 32.0. The topological polar surface area (TPSA) is 129 Å². The van der Waals surface area contributed by atoms with Gasteiger partial charge in [0.15, 0.2) is 0 Å². The zero-order valence-electron chi connectivity index (χ0n) is 27.5. The van der Waals surface area contributed by atoms with Crippen molar-refractivity contribution in [2.45, 2.75) is 33.1 Å². The summed E-state index contributed by atoms with van der Waals surface area (Å²) in [5, 5.41) is 6.53. The van der Waals surface area contributed by atoms with E-state index in [1.165, 1.54) is 0 Å². The van der Waals surface area contributed by atoms with Gasteiger partial charge in [-0.1, -0.05) is 87.5 Å². The number of anilines is 1. The van der Waals surface area contributed by atoms with Crippen molar-refractivity contribution in [3.63, 3.8) is 0 Å². The molecule has 0 aliphatic rings. The first kappa shape index (κ1) is 36.8. The first-order valence-corrected chi connectivity index (χ1v) is 16.9. The van der Waals surface area contributed by atoms with Gasteiger partial charge in [0.25, 0.3) is 5.91 Å². The van der Waals surface area contributed by atoms with Crippen molar-refractivity contribution in [1.82, 2.24) is 5.32 Å². The molecule has 0 fully saturated rings. The van der Waals surface area contributed by atoms with E-state index < -0.39 is 27.7 Å². The van der Waals surface area contributed by atoms with Gasteiger partial charge < -0.3 is 19.6 Å². The minimum absolute atomic E-state index is 0. The number of hydrogen-bond acceptors (Lipinski definition) is 6. The third kappa shape index (κ3) is 10.5. The van der Waals surface area contributed by atoms with Crippen molar-refractivity contribution < 1.29 is 56.5 Å². The molecular formula is C38H37N2NaO6S. The van der Waals surface area contributed by atoms with Crippen LogP contribution < -0.4 is 40.2 Å². The Balaban J connectivity index is 0.00000520. The monoisotopic (exact) mass is 672 g/mol. The number of nitrogens with one attached hydrogen (secondary N) is 2. The molecule has 1 unspecified atom stereocenters. The molecule has 0 saturated heterocycles. The molecule has 0 spiro atoms.